The van der Waals surface area contributed by atoms with Crippen molar-refractivity contribution in [1.29, 1.82) is 0 Å². The summed E-state index contributed by atoms with van der Waals surface area (Å²) in [4.78, 5) is 10.5. The standard InChI is InChI=1S/C10H18N6S/c1-2-7-6-16(3-4-17-7)9-5-8(15-12)13-10(11)14-9/h5,7H,2-4,6,12H2,1H3,(H3,11,13,14,15). The molecule has 6 nitrogen and oxygen atoms in total. The monoisotopic (exact) mass is 254 g/mol. The van der Waals surface area contributed by atoms with Crippen LogP contribution in [0.4, 0.5) is 17.6 Å². The van der Waals surface area contributed by atoms with Crippen molar-refractivity contribution in [3.8, 4) is 0 Å². The van der Waals surface area contributed by atoms with Gasteiger partial charge in [-0.2, -0.15) is 21.7 Å². The first-order valence-corrected chi connectivity index (χ1v) is 6.75. The molecule has 1 unspecified atom stereocenters. The number of nitrogens with zero attached hydrogens (tertiary/aromatic N) is 3. The van der Waals surface area contributed by atoms with Gasteiger partial charge in [0.15, 0.2) is 0 Å². The second kappa shape index (κ2) is 5.42. The molecular formula is C10H18N6S. The zero-order chi connectivity index (χ0) is 12.3. The fourth-order valence-corrected chi connectivity index (χ4v) is 3.04. The van der Waals surface area contributed by atoms with Crippen molar-refractivity contribution < 1.29 is 0 Å². The van der Waals surface area contributed by atoms with E-state index in [1.165, 1.54) is 6.42 Å². The quantitative estimate of drug-likeness (QED) is 0.539. The summed E-state index contributed by atoms with van der Waals surface area (Å²) in [6, 6.07) is 1.83. The second-order valence-electron chi connectivity index (χ2n) is 3.96. The number of hydrazine groups is 1. The normalized spacial score (nSPS) is 20.4. The molecule has 1 aromatic heterocycles. The Labute approximate surface area is 105 Å². The zero-order valence-electron chi connectivity index (χ0n) is 9.89. The molecule has 0 spiro atoms. The van der Waals surface area contributed by atoms with E-state index in [0.29, 0.717) is 11.1 Å². The van der Waals surface area contributed by atoms with Gasteiger partial charge in [-0.25, -0.2) is 5.84 Å². The van der Waals surface area contributed by atoms with Gasteiger partial charge in [0.2, 0.25) is 5.95 Å². The van der Waals surface area contributed by atoms with Crippen molar-refractivity contribution in [2.45, 2.75) is 18.6 Å². The molecule has 1 aromatic rings. The average molecular weight is 254 g/mol. The van der Waals surface area contributed by atoms with Gasteiger partial charge < -0.3 is 16.1 Å². The zero-order valence-corrected chi connectivity index (χ0v) is 10.7. The van der Waals surface area contributed by atoms with Crippen LogP contribution in [0.15, 0.2) is 6.07 Å². The number of nitrogen functional groups attached to an aromatic ring is 2. The van der Waals surface area contributed by atoms with Gasteiger partial charge in [0.1, 0.15) is 11.6 Å². The molecule has 94 valence electrons. The van der Waals surface area contributed by atoms with Crippen LogP contribution in [0.2, 0.25) is 0 Å². The van der Waals surface area contributed by atoms with Crippen LogP contribution in [-0.4, -0.2) is 34.1 Å². The summed E-state index contributed by atoms with van der Waals surface area (Å²) in [5, 5.41) is 0.661. The topological polar surface area (TPSA) is 93.1 Å². The Morgan fingerprint density at radius 1 is 1.59 bits per heavy atom. The molecule has 2 heterocycles. The van der Waals surface area contributed by atoms with Crippen LogP contribution in [0, 0.1) is 0 Å². The van der Waals surface area contributed by atoms with Gasteiger partial charge in [0.05, 0.1) is 0 Å². The Balaban J connectivity index is 2.18. The lowest BCUT2D eigenvalue weighted by Crippen LogP contribution is -2.38. The summed E-state index contributed by atoms with van der Waals surface area (Å²) >= 11 is 2.02. The Hall–Kier alpha value is -1.21. The van der Waals surface area contributed by atoms with E-state index in [9.17, 15) is 0 Å². The van der Waals surface area contributed by atoms with Crippen LogP contribution in [0.5, 0.6) is 0 Å². The van der Waals surface area contributed by atoms with Crippen molar-refractivity contribution in [3.05, 3.63) is 6.07 Å². The molecule has 1 aliphatic heterocycles. The van der Waals surface area contributed by atoms with Gasteiger partial charge in [-0.3, -0.25) is 0 Å². The van der Waals surface area contributed by atoms with Gasteiger partial charge in [0, 0.05) is 30.2 Å². The summed E-state index contributed by atoms with van der Waals surface area (Å²) in [7, 11) is 0. The largest absolute Gasteiger partial charge is 0.368 e. The Kier molecular flexibility index (Phi) is 3.90. The van der Waals surface area contributed by atoms with Crippen LogP contribution >= 0.6 is 11.8 Å². The number of hydrogen-bond acceptors (Lipinski definition) is 7. The molecule has 0 aliphatic carbocycles. The number of nitrogens with two attached hydrogens (primary N) is 2. The maximum absolute atomic E-state index is 5.66. The molecule has 1 aliphatic rings. The molecule has 5 N–H and O–H groups in total. The lowest BCUT2D eigenvalue weighted by Gasteiger charge is -2.32. The summed E-state index contributed by atoms with van der Waals surface area (Å²) in [5.74, 6) is 8.13. The molecule has 17 heavy (non-hydrogen) atoms. The number of anilines is 3. The third kappa shape index (κ3) is 2.92. The van der Waals surface area contributed by atoms with Crippen molar-refractivity contribution in [2.75, 3.05) is 34.9 Å². The third-order valence-corrected chi connectivity index (χ3v) is 4.17. The van der Waals surface area contributed by atoms with Gasteiger partial charge in [0.25, 0.3) is 0 Å². The van der Waals surface area contributed by atoms with Crippen LogP contribution in [-0.2, 0) is 0 Å². The fourth-order valence-electron chi connectivity index (χ4n) is 1.86. The lowest BCUT2D eigenvalue weighted by molar-refractivity contribution is 0.719. The molecule has 0 aromatic carbocycles. The van der Waals surface area contributed by atoms with Gasteiger partial charge in [-0.15, -0.1) is 0 Å². The molecular weight excluding hydrogens is 236 g/mol. The van der Waals surface area contributed by atoms with E-state index < -0.39 is 0 Å². The van der Waals surface area contributed by atoms with Crippen molar-refractivity contribution >= 4 is 29.3 Å². The smallest absolute Gasteiger partial charge is 0.223 e. The maximum Gasteiger partial charge on any atom is 0.223 e. The fraction of sp³-hybridized carbons (Fsp3) is 0.600. The first kappa shape index (κ1) is 12.3. The number of thioether (sulfide) groups is 1. The summed E-state index contributed by atoms with van der Waals surface area (Å²) in [6.45, 7) is 4.20. The van der Waals surface area contributed by atoms with Crippen molar-refractivity contribution in [1.82, 2.24) is 9.97 Å². The Bertz CT molecular complexity index is 385. The Morgan fingerprint density at radius 2 is 2.41 bits per heavy atom. The molecule has 1 fully saturated rings. The van der Waals surface area contributed by atoms with E-state index in [0.717, 1.165) is 24.7 Å². The van der Waals surface area contributed by atoms with E-state index in [4.69, 9.17) is 11.6 Å². The predicted molar refractivity (Wildman–Crippen MR) is 73.0 cm³/mol. The predicted octanol–water partition coefficient (Wildman–Crippen LogP) is 0.676. The van der Waals surface area contributed by atoms with Crippen molar-refractivity contribution in [3.63, 3.8) is 0 Å². The second-order valence-corrected chi connectivity index (χ2v) is 5.37. The molecule has 0 radical (unpaired) electrons. The van der Waals surface area contributed by atoms with E-state index >= 15 is 0 Å². The highest BCUT2D eigenvalue weighted by molar-refractivity contribution is 8.00. The molecule has 2 rings (SSSR count). The van der Waals surface area contributed by atoms with Crippen LogP contribution in [0.25, 0.3) is 0 Å². The minimum absolute atomic E-state index is 0.252. The number of hydrogen-bond donors (Lipinski definition) is 3. The highest BCUT2D eigenvalue weighted by atomic mass is 32.2. The third-order valence-electron chi connectivity index (χ3n) is 2.80. The lowest BCUT2D eigenvalue weighted by atomic mass is 10.3. The van der Waals surface area contributed by atoms with E-state index in [1.54, 1.807) is 0 Å². The van der Waals surface area contributed by atoms with E-state index in [1.807, 2.05) is 17.8 Å². The number of nitrogens with one attached hydrogen (secondary N) is 1. The molecule has 0 amide bonds. The molecule has 1 saturated heterocycles. The number of rotatable bonds is 3. The molecule has 0 bridgehead atoms. The minimum atomic E-state index is 0.252. The Morgan fingerprint density at radius 3 is 3.12 bits per heavy atom. The van der Waals surface area contributed by atoms with Crippen LogP contribution < -0.4 is 21.9 Å². The van der Waals surface area contributed by atoms with Gasteiger partial charge >= 0.3 is 0 Å². The van der Waals surface area contributed by atoms with Gasteiger partial charge in [-0.1, -0.05) is 6.92 Å². The number of aromatic nitrogens is 2. The molecule has 1 atom stereocenters. The first-order chi connectivity index (χ1) is 8.22. The van der Waals surface area contributed by atoms with Crippen LogP contribution in [0.1, 0.15) is 13.3 Å². The molecule has 0 saturated carbocycles. The minimum Gasteiger partial charge on any atom is -0.368 e. The summed E-state index contributed by atoms with van der Waals surface area (Å²) in [5.41, 5.74) is 8.17. The first-order valence-electron chi connectivity index (χ1n) is 5.70. The molecule has 7 heteroatoms. The average Bonchev–Trinajstić information content (AvgIpc) is 2.38. The maximum atomic E-state index is 5.66. The summed E-state index contributed by atoms with van der Waals surface area (Å²) in [6.07, 6.45) is 1.17. The van der Waals surface area contributed by atoms with E-state index in [2.05, 4.69) is 27.2 Å². The van der Waals surface area contributed by atoms with Gasteiger partial charge in [-0.05, 0) is 6.42 Å². The van der Waals surface area contributed by atoms with E-state index in [-0.39, 0.29) is 5.95 Å². The highest BCUT2D eigenvalue weighted by Gasteiger charge is 2.20. The van der Waals surface area contributed by atoms with Crippen molar-refractivity contribution in [2.24, 2.45) is 5.84 Å². The highest BCUT2D eigenvalue weighted by Crippen LogP contribution is 2.25. The SMILES string of the molecule is CCC1CN(c2cc(NN)nc(N)n2)CCS1. The van der Waals surface area contributed by atoms with Crippen LogP contribution in [0.3, 0.4) is 0 Å². The summed E-state index contributed by atoms with van der Waals surface area (Å²) < 4.78 is 0.